The Hall–Kier alpha value is -3.03. The molecule has 0 saturated carbocycles. The number of alkyl halides is 2. The van der Waals surface area contributed by atoms with Crippen LogP contribution in [0.15, 0.2) is 47.8 Å². The third-order valence-electron chi connectivity index (χ3n) is 4.97. The SMILES string of the molecule is CC(Nc1ccn2ncc(C3C=NNC3)c2n1)c1ccccc1CCC(F)F. The molecule has 1 aliphatic rings. The van der Waals surface area contributed by atoms with Crippen molar-refractivity contribution >= 4 is 17.7 Å². The average molecular weight is 384 g/mol. The Morgan fingerprint density at radius 2 is 2.14 bits per heavy atom. The summed E-state index contributed by atoms with van der Waals surface area (Å²) in [7, 11) is 0. The van der Waals surface area contributed by atoms with Gasteiger partial charge in [-0.2, -0.15) is 10.2 Å². The van der Waals surface area contributed by atoms with E-state index in [1.807, 2.05) is 55.9 Å². The largest absolute Gasteiger partial charge is 0.363 e. The lowest BCUT2D eigenvalue weighted by molar-refractivity contribution is 0.138. The fourth-order valence-corrected chi connectivity index (χ4v) is 3.51. The van der Waals surface area contributed by atoms with Crippen molar-refractivity contribution in [3.63, 3.8) is 0 Å². The summed E-state index contributed by atoms with van der Waals surface area (Å²) in [6, 6.07) is 9.50. The first-order valence-corrected chi connectivity index (χ1v) is 9.34. The second kappa shape index (κ2) is 7.92. The number of aryl methyl sites for hydroxylation is 1. The van der Waals surface area contributed by atoms with Gasteiger partial charge < -0.3 is 10.7 Å². The number of fused-ring (bicyclic) bond motifs is 1. The van der Waals surface area contributed by atoms with Gasteiger partial charge in [0.25, 0.3) is 0 Å². The highest BCUT2D eigenvalue weighted by Gasteiger charge is 2.19. The molecule has 2 atom stereocenters. The fraction of sp³-hybridized carbons (Fsp3) is 0.350. The number of anilines is 1. The van der Waals surface area contributed by atoms with Crippen LogP contribution in [-0.2, 0) is 6.42 Å². The zero-order valence-electron chi connectivity index (χ0n) is 15.5. The van der Waals surface area contributed by atoms with Crippen LogP contribution in [-0.4, -0.2) is 33.8 Å². The van der Waals surface area contributed by atoms with E-state index in [0.29, 0.717) is 12.2 Å². The zero-order valence-corrected chi connectivity index (χ0v) is 15.5. The normalized spacial score (nSPS) is 17.2. The molecule has 146 valence electrons. The maximum Gasteiger partial charge on any atom is 0.239 e. The summed E-state index contributed by atoms with van der Waals surface area (Å²) in [6.07, 6.45) is 3.47. The van der Waals surface area contributed by atoms with Crippen molar-refractivity contribution in [1.29, 1.82) is 0 Å². The Labute approximate surface area is 161 Å². The summed E-state index contributed by atoms with van der Waals surface area (Å²) in [4.78, 5) is 4.73. The van der Waals surface area contributed by atoms with Crippen molar-refractivity contribution in [1.82, 2.24) is 20.0 Å². The quantitative estimate of drug-likeness (QED) is 0.651. The predicted molar refractivity (Wildman–Crippen MR) is 105 cm³/mol. The lowest BCUT2D eigenvalue weighted by Gasteiger charge is -2.19. The first-order valence-electron chi connectivity index (χ1n) is 9.34. The van der Waals surface area contributed by atoms with E-state index in [1.54, 1.807) is 4.52 Å². The Bertz CT molecular complexity index is 984. The molecule has 1 aromatic carbocycles. The molecule has 0 bridgehead atoms. The second-order valence-corrected chi connectivity index (χ2v) is 6.92. The lowest BCUT2D eigenvalue weighted by Crippen LogP contribution is -2.12. The fourth-order valence-electron chi connectivity index (χ4n) is 3.51. The second-order valence-electron chi connectivity index (χ2n) is 6.92. The molecule has 2 unspecified atom stereocenters. The number of halogens is 2. The summed E-state index contributed by atoms with van der Waals surface area (Å²) in [5, 5.41) is 11.8. The molecule has 8 heteroatoms. The number of aromatic nitrogens is 3. The van der Waals surface area contributed by atoms with Gasteiger partial charge in [0, 0.05) is 36.9 Å². The van der Waals surface area contributed by atoms with Gasteiger partial charge >= 0.3 is 0 Å². The number of hydrazone groups is 1. The van der Waals surface area contributed by atoms with E-state index in [9.17, 15) is 8.78 Å². The Kier molecular flexibility index (Phi) is 5.18. The molecule has 3 aromatic rings. The van der Waals surface area contributed by atoms with Gasteiger partial charge in [-0.3, -0.25) is 0 Å². The summed E-state index contributed by atoms with van der Waals surface area (Å²) in [5.74, 6) is 0.862. The number of benzene rings is 1. The van der Waals surface area contributed by atoms with E-state index < -0.39 is 6.43 Å². The van der Waals surface area contributed by atoms with Crippen molar-refractivity contribution in [3.05, 3.63) is 59.4 Å². The van der Waals surface area contributed by atoms with E-state index in [2.05, 4.69) is 20.9 Å². The highest BCUT2D eigenvalue weighted by Crippen LogP contribution is 2.25. The molecule has 3 heterocycles. The third kappa shape index (κ3) is 3.81. The molecule has 0 aliphatic carbocycles. The first-order chi connectivity index (χ1) is 13.6. The van der Waals surface area contributed by atoms with Crippen molar-refractivity contribution < 1.29 is 8.78 Å². The topological polar surface area (TPSA) is 66.6 Å². The standard InChI is InChI=1S/C20H22F2N6/c1-13(16-5-3-2-4-14(16)6-7-18(21)22)26-19-8-9-28-20(27-19)17(12-25-28)15-10-23-24-11-15/h2-5,8-10,12-13,15,18,24H,6-7,11H2,1H3,(H,26,27). The van der Waals surface area contributed by atoms with Crippen LogP contribution in [0.3, 0.4) is 0 Å². The molecular formula is C20H22F2N6. The monoisotopic (exact) mass is 384 g/mol. The minimum atomic E-state index is -2.30. The molecule has 28 heavy (non-hydrogen) atoms. The third-order valence-corrected chi connectivity index (χ3v) is 4.97. The van der Waals surface area contributed by atoms with Crippen LogP contribution in [0.2, 0.25) is 0 Å². The van der Waals surface area contributed by atoms with Gasteiger partial charge in [-0.25, -0.2) is 18.3 Å². The summed E-state index contributed by atoms with van der Waals surface area (Å²) in [5.41, 5.74) is 6.69. The van der Waals surface area contributed by atoms with Crippen molar-refractivity contribution in [3.8, 4) is 0 Å². The smallest absolute Gasteiger partial charge is 0.239 e. The van der Waals surface area contributed by atoms with Crippen LogP contribution in [0.4, 0.5) is 14.6 Å². The minimum absolute atomic E-state index is 0.0649. The highest BCUT2D eigenvalue weighted by atomic mass is 19.3. The maximum atomic E-state index is 12.6. The van der Waals surface area contributed by atoms with Crippen LogP contribution in [0.25, 0.3) is 5.65 Å². The van der Waals surface area contributed by atoms with Crippen LogP contribution in [0, 0.1) is 0 Å². The average Bonchev–Trinajstić information content (AvgIpc) is 3.35. The van der Waals surface area contributed by atoms with Gasteiger partial charge in [0.05, 0.1) is 12.2 Å². The van der Waals surface area contributed by atoms with Crippen molar-refractivity contribution in [2.24, 2.45) is 5.10 Å². The molecule has 4 rings (SSSR count). The Balaban J connectivity index is 1.56. The molecule has 0 amide bonds. The van der Waals surface area contributed by atoms with Crippen molar-refractivity contribution in [2.45, 2.75) is 38.2 Å². The highest BCUT2D eigenvalue weighted by molar-refractivity contribution is 5.73. The van der Waals surface area contributed by atoms with Gasteiger partial charge in [-0.1, -0.05) is 24.3 Å². The van der Waals surface area contributed by atoms with Gasteiger partial charge in [0.1, 0.15) is 5.82 Å². The van der Waals surface area contributed by atoms with Gasteiger partial charge in [0.15, 0.2) is 5.65 Å². The Morgan fingerprint density at radius 1 is 1.29 bits per heavy atom. The molecule has 2 aromatic heterocycles. The molecule has 0 spiro atoms. The number of hydrogen-bond donors (Lipinski definition) is 2. The summed E-state index contributed by atoms with van der Waals surface area (Å²) >= 11 is 0. The maximum absolute atomic E-state index is 12.6. The number of nitrogens with one attached hydrogen (secondary N) is 2. The van der Waals surface area contributed by atoms with Gasteiger partial charge in [-0.15, -0.1) is 0 Å². The van der Waals surface area contributed by atoms with E-state index >= 15 is 0 Å². The zero-order chi connectivity index (χ0) is 19.5. The summed E-state index contributed by atoms with van der Waals surface area (Å²) in [6.45, 7) is 2.74. The molecule has 0 saturated heterocycles. The molecular weight excluding hydrogens is 362 g/mol. The molecule has 6 nitrogen and oxygen atoms in total. The van der Waals surface area contributed by atoms with E-state index in [4.69, 9.17) is 4.98 Å². The molecule has 0 fully saturated rings. The van der Waals surface area contributed by atoms with E-state index in [1.165, 1.54) is 0 Å². The number of rotatable bonds is 7. The van der Waals surface area contributed by atoms with Crippen LogP contribution in [0.5, 0.6) is 0 Å². The molecule has 2 N–H and O–H groups in total. The predicted octanol–water partition coefficient (Wildman–Crippen LogP) is 3.77. The number of nitrogens with zero attached hydrogens (tertiary/aromatic N) is 4. The van der Waals surface area contributed by atoms with Crippen LogP contribution in [0.1, 0.15) is 42.0 Å². The van der Waals surface area contributed by atoms with Gasteiger partial charge in [0.2, 0.25) is 6.43 Å². The first kappa shape index (κ1) is 18.3. The lowest BCUT2D eigenvalue weighted by atomic mass is 9.98. The van der Waals surface area contributed by atoms with Crippen molar-refractivity contribution in [2.75, 3.05) is 11.9 Å². The molecule has 0 radical (unpaired) electrons. The number of hydrogen-bond acceptors (Lipinski definition) is 5. The van der Waals surface area contributed by atoms with E-state index in [-0.39, 0.29) is 18.4 Å². The molecule has 1 aliphatic heterocycles. The minimum Gasteiger partial charge on any atom is -0.363 e. The van der Waals surface area contributed by atoms with Crippen LogP contribution >= 0.6 is 0 Å². The van der Waals surface area contributed by atoms with Gasteiger partial charge in [-0.05, 0) is 30.5 Å². The summed E-state index contributed by atoms with van der Waals surface area (Å²) < 4.78 is 27.0. The van der Waals surface area contributed by atoms with E-state index in [0.717, 1.165) is 28.9 Å². The Morgan fingerprint density at radius 3 is 2.93 bits per heavy atom. The van der Waals surface area contributed by atoms with Crippen LogP contribution < -0.4 is 10.7 Å².